The summed E-state index contributed by atoms with van der Waals surface area (Å²) in [5.74, 6) is -0.353. The number of nitrogens with zero attached hydrogens (tertiary/aromatic N) is 2. The van der Waals surface area contributed by atoms with Crippen molar-refractivity contribution < 1.29 is 18.3 Å². The van der Waals surface area contributed by atoms with Gasteiger partial charge in [-0.15, -0.1) is 0 Å². The van der Waals surface area contributed by atoms with Gasteiger partial charge in [0.2, 0.25) is 0 Å². The molecule has 0 spiro atoms. The average Bonchev–Trinajstić information content (AvgIpc) is 3.01. The van der Waals surface area contributed by atoms with E-state index in [0.29, 0.717) is 18.7 Å². The van der Waals surface area contributed by atoms with Crippen LogP contribution in [0, 0.1) is 5.82 Å². The summed E-state index contributed by atoms with van der Waals surface area (Å²) in [5, 5.41) is 0. The number of ether oxygens (including phenoxy) is 1. The number of hydrogen-bond donors (Lipinski definition) is 1. The summed E-state index contributed by atoms with van der Waals surface area (Å²) in [5.41, 5.74) is 2.37. The Balaban J connectivity index is 1.95. The molecular weight excluding hydrogens is 292 g/mol. The number of benzene rings is 1. The van der Waals surface area contributed by atoms with Gasteiger partial charge in [-0.2, -0.15) is 0 Å². The number of carbonyl (C=O) groups excluding carboxylic acids is 1. The molecule has 0 aliphatic carbocycles. The van der Waals surface area contributed by atoms with Crippen LogP contribution in [0.3, 0.4) is 0 Å². The Kier molecular flexibility index (Phi) is 4.04. The van der Waals surface area contributed by atoms with E-state index in [1.807, 2.05) is 0 Å². The summed E-state index contributed by atoms with van der Waals surface area (Å²) in [4.78, 5) is 21.0. The third-order valence-electron chi connectivity index (χ3n) is 3.65. The SMILES string of the molecule is O=C(OCCF)N1CCc2[nH]cnc2[C@H]1c1ccc(F)cc1. The first-order valence-corrected chi connectivity index (χ1v) is 6.97. The topological polar surface area (TPSA) is 58.2 Å². The van der Waals surface area contributed by atoms with E-state index in [4.69, 9.17) is 4.74 Å². The fourth-order valence-electron chi connectivity index (χ4n) is 2.66. The fraction of sp³-hybridized carbons (Fsp3) is 0.333. The smallest absolute Gasteiger partial charge is 0.410 e. The van der Waals surface area contributed by atoms with E-state index in [0.717, 1.165) is 11.3 Å². The third kappa shape index (κ3) is 2.66. The average molecular weight is 307 g/mol. The number of nitrogens with one attached hydrogen (secondary N) is 1. The van der Waals surface area contributed by atoms with Gasteiger partial charge in [-0.05, 0) is 17.7 Å². The first kappa shape index (κ1) is 14.5. The van der Waals surface area contributed by atoms with Gasteiger partial charge in [0.1, 0.15) is 25.1 Å². The van der Waals surface area contributed by atoms with Crippen molar-refractivity contribution in [3.8, 4) is 0 Å². The molecule has 2 aromatic rings. The van der Waals surface area contributed by atoms with E-state index in [1.54, 1.807) is 18.5 Å². The van der Waals surface area contributed by atoms with Crippen molar-refractivity contribution in [3.63, 3.8) is 0 Å². The van der Waals surface area contributed by atoms with Gasteiger partial charge < -0.3 is 9.72 Å². The number of aromatic nitrogens is 2. The highest BCUT2D eigenvalue weighted by Gasteiger charge is 2.34. The predicted molar refractivity (Wildman–Crippen MR) is 74.6 cm³/mol. The molecule has 5 nitrogen and oxygen atoms in total. The molecule has 116 valence electrons. The standard InChI is InChI=1S/C15H15F2N3O2/c16-6-8-22-15(21)20-7-5-12-13(19-9-18-12)14(20)10-1-3-11(17)4-2-10/h1-4,9,14H,5-8H2,(H,18,19)/t14-/m1/s1. The van der Waals surface area contributed by atoms with E-state index < -0.39 is 18.8 Å². The molecule has 0 bridgehead atoms. The number of halogens is 2. The number of hydrogen-bond acceptors (Lipinski definition) is 3. The summed E-state index contributed by atoms with van der Waals surface area (Å²) < 4.78 is 30.3. The van der Waals surface area contributed by atoms with Crippen LogP contribution in [-0.4, -0.2) is 40.8 Å². The van der Waals surface area contributed by atoms with Crippen LogP contribution in [-0.2, 0) is 11.2 Å². The molecule has 0 saturated carbocycles. The molecular formula is C15H15F2N3O2. The molecule has 1 aliphatic rings. The van der Waals surface area contributed by atoms with Gasteiger partial charge in [0.25, 0.3) is 0 Å². The molecule has 22 heavy (non-hydrogen) atoms. The maximum Gasteiger partial charge on any atom is 0.410 e. The van der Waals surface area contributed by atoms with Gasteiger partial charge in [-0.25, -0.2) is 18.6 Å². The molecule has 1 aliphatic heterocycles. The van der Waals surface area contributed by atoms with Crippen molar-refractivity contribution in [2.75, 3.05) is 19.8 Å². The highest BCUT2D eigenvalue weighted by Crippen LogP contribution is 2.33. The number of rotatable bonds is 3. The number of amides is 1. The van der Waals surface area contributed by atoms with Crippen molar-refractivity contribution in [1.82, 2.24) is 14.9 Å². The summed E-state index contributed by atoms with van der Waals surface area (Å²) in [7, 11) is 0. The summed E-state index contributed by atoms with van der Waals surface area (Å²) in [6.07, 6.45) is 1.58. The zero-order chi connectivity index (χ0) is 15.5. The Labute approximate surface area is 125 Å². The number of carbonyl (C=O) groups is 1. The van der Waals surface area contributed by atoms with E-state index in [-0.39, 0.29) is 12.4 Å². The molecule has 1 aromatic carbocycles. The van der Waals surface area contributed by atoms with E-state index in [1.165, 1.54) is 17.0 Å². The van der Waals surface area contributed by atoms with Crippen molar-refractivity contribution in [3.05, 3.63) is 53.4 Å². The van der Waals surface area contributed by atoms with E-state index >= 15 is 0 Å². The summed E-state index contributed by atoms with van der Waals surface area (Å²) >= 11 is 0. The summed E-state index contributed by atoms with van der Waals surface area (Å²) in [6.45, 7) is -0.588. The largest absolute Gasteiger partial charge is 0.447 e. The molecule has 0 fully saturated rings. The normalized spacial score (nSPS) is 17.2. The third-order valence-corrected chi connectivity index (χ3v) is 3.65. The summed E-state index contributed by atoms with van der Waals surface area (Å²) in [6, 6.07) is 5.42. The van der Waals surface area contributed by atoms with Gasteiger partial charge in [-0.1, -0.05) is 12.1 Å². The molecule has 0 radical (unpaired) electrons. The van der Waals surface area contributed by atoms with Crippen molar-refractivity contribution in [1.29, 1.82) is 0 Å². The van der Waals surface area contributed by atoms with Gasteiger partial charge in [0, 0.05) is 18.7 Å². The highest BCUT2D eigenvalue weighted by atomic mass is 19.1. The number of fused-ring (bicyclic) bond motifs is 1. The molecule has 0 unspecified atom stereocenters. The zero-order valence-corrected chi connectivity index (χ0v) is 11.8. The Hall–Kier alpha value is -2.44. The number of imidazole rings is 1. The molecule has 2 heterocycles. The molecule has 7 heteroatoms. The van der Waals surface area contributed by atoms with Crippen LogP contribution in [0.2, 0.25) is 0 Å². The second-order valence-corrected chi connectivity index (χ2v) is 4.97. The lowest BCUT2D eigenvalue weighted by Crippen LogP contribution is -2.41. The molecule has 1 aromatic heterocycles. The predicted octanol–water partition coefficient (Wildman–Crippen LogP) is 2.60. The minimum Gasteiger partial charge on any atom is -0.447 e. The Morgan fingerprint density at radius 1 is 1.41 bits per heavy atom. The highest BCUT2D eigenvalue weighted by molar-refractivity contribution is 5.69. The monoisotopic (exact) mass is 307 g/mol. The van der Waals surface area contributed by atoms with Crippen LogP contribution in [0.1, 0.15) is 23.0 Å². The Morgan fingerprint density at radius 3 is 2.91 bits per heavy atom. The first-order valence-electron chi connectivity index (χ1n) is 6.97. The second-order valence-electron chi connectivity index (χ2n) is 4.97. The Morgan fingerprint density at radius 2 is 2.18 bits per heavy atom. The van der Waals surface area contributed by atoms with Crippen LogP contribution in [0.25, 0.3) is 0 Å². The maximum atomic E-state index is 13.1. The molecule has 3 rings (SSSR count). The number of alkyl halides is 1. The second kappa shape index (κ2) is 6.13. The Bertz CT molecular complexity index is 657. The fourth-order valence-corrected chi connectivity index (χ4v) is 2.66. The van der Waals surface area contributed by atoms with Crippen molar-refractivity contribution in [2.24, 2.45) is 0 Å². The van der Waals surface area contributed by atoms with Crippen LogP contribution in [0.15, 0.2) is 30.6 Å². The van der Waals surface area contributed by atoms with Crippen molar-refractivity contribution in [2.45, 2.75) is 12.5 Å². The van der Waals surface area contributed by atoms with Gasteiger partial charge in [0.05, 0.1) is 12.0 Å². The van der Waals surface area contributed by atoms with Crippen molar-refractivity contribution >= 4 is 6.09 Å². The number of aromatic amines is 1. The minimum atomic E-state index is -0.728. The van der Waals surface area contributed by atoms with Crippen LogP contribution in [0.5, 0.6) is 0 Å². The minimum absolute atomic E-state index is 0.279. The van der Waals surface area contributed by atoms with Crippen LogP contribution < -0.4 is 0 Å². The molecule has 1 atom stereocenters. The molecule has 0 saturated heterocycles. The molecule has 1 amide bonds. The number of H-pyrrole nitrogens is 1. The van der Waals surface area contributed by atoms with Gasteiger partial charge in [-0.3, -0.25) is 4.90 Å². The lowest BCUT2D eigenvalue weighted by molar-refractivity contribution is 0.0834. The van der Waals surface area contributed by atoms with Gasteiger partial charge in [0.15, 0.2) is 0 Å². The van der Waals surface area contributed by atoms with Gasteiger partial charge >= 0.3 is 6.09 Å². The quantitative estimate of drug-likeness (QED) is 0.948. The van der Waals surface area contributed by atoms with Crippen LogP contribution >= 0.6 is 0 Å². The lowest BCUT2D eigenvalue weighted by atomic mass is 9.96. The lowest BCUT2D eigenvalue weighted by Gasteiger charge is -2.34. The zero-order valence-electron chi connectivity index (χ0n) is 11.8. The molecule has 1 N–H and O–H groups in total. The van der Waals surface area contributed by atoms with Crippen LogP contribution in [0.4, 0.5) is 13.6 Å². The first-order chi connectivity index (χ1) is 10.7. The van der Waals surface area contributed by atoms with E-state index in [9.17, 15) is 13.6 Å². The van der Waals surface area contributed by atoms with E-state index in [2.05, 4.69) is 9.97 Å². The maximum absolute atomic E-state index is 13.1.